The Morgan fingerprint density at radius 1 is 0.379 bits per heavy atom. The number of para-hydroxylation sites is 2. The minimum Gasteiger partial charge on any atom is -0.480 e. The van der Waals surface area contributed by atoms with Gasteiger partial charge in [0.1, 0.15) is 72.5 Å². The van der Waals surface area contributed by atoms with Crippen LogP contribution in [0.4, 0.5) is 0 Å². The first-order chi connectivity index (χ1) is 63.2. The van der Waals surface area contributed by atoms with E-state index in [0.717, 1.165) is 0 Å². The number of unbranched alkanes of at least 4 members (excludes halogenated alkanes) is 4. The van der Waals surface area contributed by atoms with E-state index in [-0.39, 0.29) is 116 Å². The van der Waals surface area contributed by atoms with E-state index in [9.17, 15) is 53.1 Å². The molecule has 0 saturated heterocycles. The highest BCUT2D eigenvalue weighted by atomic mass is 32.2. The summed E-state index contributed by atoms with van der Waals surface area (Å²) in [6.07, 6.45) is 6.09. The van der Waals surface area contributed by atoms with Gasteiger partial charge >= 0.3 is 5.97 Å². The molecule has 728 valence electrons. The van der Waals surface area contributed by atoms with Crippen LogP contribution >= 0.6 is 11.8 Å². The van der Waals surface area contributed by atoms with Gasteiger partial charge in [-0.2, -0.15) is 11.8 Å². The zero-order valence-electron chi connectivity index (χ0n) is 75.8. The Morgan fingerprint density at radius 2 is 0.705 bits per heavy atom. The monoisotopic (exact) mass is 1860 g/mol. The van der Waals surface area contributed by atoms with Crippen LogP contribution in [0.25, 0.3) is 21.8 Å². The van der Waals surface area contributed by atoms with Crippen LogP contribution in [0.1, 0.15) is 165 Å². The molecule has 1 unspecified atom stereocenters. The minimum absolute atomic E-state index is 0.00691. The summed E-state index contributed by atoms with van der Waals surface area (Å²) >= 11 is 1.29. The lowest BCUT2D eigenvalue weighted by atomic mass is 9.96. The van der Waals surface area contributed by atoms with Crippen LogP contribution in [0.3, 0.4) is 0 Å². The number of aliphatic carboxylic acids is 1. The van der Waals surface area contributed by atoms with Crippen molar-refractivity contribution in [1.82, 2.24) is 89.7 Å². The van der Waals surface area contributed by atoms with Crippen molar-refractivity contribution in [2.45, 2.75) is 246 Å². The first kappa shape index (κ1) is 110. The van der Waals surface area contributed by atoms with Gasteiger partial charge < -0.3 is 141 Å². The molecule has 2 heterocycles. The highest BCUT2D eigenvalue weighted by Gasteiger charge is 2.40. The maximum Gasteiger partial charge on any atom is 0.326 e. The van der Waals surface area contributed by atoms with Crippen molar-refractivity contribution in [2.24, 2.45) is 51.8 Å². The Bertz CT molecular complexity index is 4600. The molecular weight excluding hydrogens is 1720 g/mol. The summed E-state index contributed by atoms with van der Waals surface area (Å²) in [4.78, 5) is 222. The normalized spacial score (nSPS) is 14.4. The number of benzene rings is 3. The van der Waals surface area contributed by atoms with Gasteiger partial charge in [0.15, 0.2) is 11.9 Å². The molecule has 44 heteroatoms. The van der Waals surface area contributed by atoms with E-state index >= 15 is 24.0 Å². The van der Waals surface area contributed by atoms with E-state index in [4.69, 9.17) is 56.7 Å². The van der Waals surface area contributed by atoms with Crippen LogP contribution in [0.15, 0.2) is 91.3 Å². The van der Waals surface area contributed by atoms with Gasteiger partial charge in [0.05, 0.1) is 12.5 Å². The van der Waals surface area contributed by atoms with Crippen molar-refractivity contribution in [3.8, 4) is 0 Å². The molecule has 5 aromatic rings. The highest BCUT2D eigenvalue weighted by Crippen LogP contribution is 2.23. The number of carboxylic acids is 1. The predicted octanol–water partition coefficient (Wildman–Crippen LogP) is -2.85. The fourth-order valence-corrected chi connectivity index (χ4v) is 15.2. The van der Waals surface area contributed by atoms with Crippen LogP contribution in [0, 0.1) is 16.7 Å². The van der Waals surface area contributed by atoms with E-state index in [1.54, 1.807) is 99.4 Å². The Hall–Kier alpha value is -12.5. The van der Waals surface area contributed by atoms with Crippen molar-refractivity contribution < 1.29 is 77.0 Å². The zero-order chi connectivity index (χ0) is 97.2. The third kappa shape index (κ3) is 38.9. The number of guanidine groups is 2. The summed E-state index contributed by atoms with van der Waals surface area (Å²) in [5.41, 5.74) is 48.9. The number of hydrogen-bond donors (Lipinski definition) is 28. The predicted molar refractivity (Wildman–Crippen MR) is 502 cm³/mol. The smallest absolute Gasteiger partial charge is 0.326 e. The summed E-state index contributed by atoms with van der Waals surface area (Å²) in [6, 6.07) is 3.78. The lowest BCUT2D eigenvalue weighted by Gasteiger charge is -2.29. The van der Waals surface area contributed by atoms with E-state index < -0.39 is 204 Å². The molecule has 2 aromatic heterocycles. The van der Waals surface area contributed by atoms with Gasteiger partial charge in [-0.25, -0.2) is 4.79 Å². The number of fused-ring (bicyclic) bond motifs is 2. The van der Waals surface area contributed by atoms with Crippen LogP contribution < -0.4 is 126 Å². The number of nitrogens with two attached hydrogens (primary N) is 8. The first-order valence-corrected chi connectivity index (χ1v) is 46.3. The SMILES string of the molecule is CCC(C)[C@H](NC(=O)[C@H](CCCCN)NC)C(=O)N[C@@H](Cc1c[nH]c2ccccc12)C(=O)N[C@@H](Cc1ccccc1)C(=O)N[C@@H](CCC(N)=O)C(=O)N[C@@H](CC(N)=O)C(=O)N[C@@H](CCCNC(=N)N)C(=O)N[C@@H](CCCNC(=N)N)C(=O)N[C@@H](CCSC)C(=O)N[C@@H](CCCCN)C(=O)N[C@@H](Cc1c[nH]c2ccccc12)C(=O)N[C@@H](CCCCN)C(=O)N[C@@H](CCCCN)C(=O)O. The number of H-pyrrole nitrogens is 2. The molecule has 14 amide bonds. The molecule has 132 heavy (non-hydrogen) atoms. The molecule has 0 aliphatic rings. The first-order valence-electron chi connectivity index (χ1n) is 44.9. The maximum absolute atomic E-state index is 15.2. The quantitative estimate of drug-likeness (QED) is 0.0106. The molecule has 43 nitrogen and oxygen atoms in total. The standard InChI is InChI=1S/C88H139N27O16S/c1-5-51(2)73(115-74(118)59(99-3)29-13-17-38-89)85(129)114-69(47-54-50-103-58-28-12-10-26-56(54)58)83(127)111-67(45-52-23-7-6-8-24-52)81(125)108-64(35-36-71(93)116)79(123)113-70(48-72(94)117)84(128)107-63(34-22-43-101-88(97)98)75(119)105-62(33-21-42-100-87(95)96)76(120)109-65(37-44-132-4)80(124)104-61(31-15-19-40-91)78(122)112-68(46-53-49-102-57-27-11-9-25-55(53)57)82(126)106-60(30-14-18-39-90)77(121)110-66(86(130)131)32-16-20-41-92/h6-12,23-28,49-51,59-70,73,99,102-103H,5,13-22,29-48,89-92H2,1-4H3,(H2,93,116)(H2,94,117)(H,104,124)(H,105,119)(H,106,126)(H,107,128)(H,108,125)(H,109,120)(H,110,121)(H,111,127)(H,112,122)(H,113,123)(H,114,129)(H,115,118)(H,130,131)(H4,95,96,100)(H4,97,98,101)/t51?,59-,60-,61-,62-,63-,64-,65-,66-,67-,68-,69-,70-,73-/m0/s1. The molecule has 0 aliphatic carbocycles. The number of rotatable bonds is 66. The summed E-state index contributed by atoms with van der Waals surface area (Å²) < 4.78 is 0. The lowest BCUT2D eigenvalue weighted by Crippen LogP contribution is -2.61. The van der Waals surface area contributed by atoms with Gasteiger partial charge in [-0.3, -0.25) is 77.9 Å². The fourth-order valence-electron chi connectivity index (χ4n) is 14.7. The minimum atomic E-state index is -1.98. The van der Waals surface area contributed by atoms with E-state index in [2.05, 4.69) is 89.7 Å². The Labute approximate surface area is 772 Å². The third-order valence-electron chi connectivity index (χ3n) is 22.3. The van der Waals surface area contributed by atoms with Crippen molar-refractivity contribution in [3.63, 3.8) is 0 Å². The summed E-state index contributed by atoms with van der Waals surface area (Å²) in [7, 11) is 1.62. The molecular formula is C88H139N27O16S. The van der Waals surface area contributed by atoms with Gasteiger partial charge in [-0.05, 0) is 189 Å². The second-order valence-corrected chi connectivity index (χ2v) is 33.6. The number of hydrogen-bond acceptors (Lipinski definition) is 23. The molecule has 0 fully saturated rings. The number of thioether (sulfide) groups is 1. The van der Waals surface area contributed by atoms with Gasteiger partial charge in [0.25, 0.3) is 0 Å². The molecule has 5 rings (SSSR count). The number of carbonyl (C=O) groups excluding carboxylic acids is 14. The molecule has 0 saturated carbocycles. The Kier molecular flexibility index (Phi) is 49.8. The number of aromatic amines is 2. The molecule has 14 atom stereocenters. The summed E-state index contributed by atoms with van der Waals surface area (Å²) in [5.74, 6) is -15.5. The third-order valence-corrected chi connectivity index (χ3v) is 23.0. The van der Waals surface area contributed by atoms with Crippen LogP contribution in [0.5, 0.6) is 0 Å². The molecule has 36 N–H and O–H groups in total. The van der Waals surface area contributed by atoms with Gasteiger partial charge in [0.2, 0.25) is 82.7 Å². The summed E-state index contributed by atoms with van der Waals surface area (Å²) in [6.45, 7) is 4.60. The average Bonchev–Trinajstić information content (AvgIpc) is 1.68. The molecule has 0 aliphatic heterocycles. The largest absolute Gasteiger partial charge is 0.480 e. The molecule has 0 spiro atoms. The topological polar surface area (TPSA) is 744 Å². The van der Waals surface area contributed by atoms with E-state index in [1.165, 1.54) is 11.8 Å². The number of amides is 14. The van der Waals surface area contributed by atoms with Gasteiger partial charge in [-0.15, -0.1) is 0 Å². The fraction of sp³-hybridized carbons (Fsp3) is 0.557. The summed E-state index contributed by atoms with van der Waals surface area (Å²) in [5, 5.41) is 67.6. The second kappa shape index (κ2) is 59.7. The molecule has 0 bridgehead atoms. The van der Waals surface area contributed by atoms with E-state index in [0.29, 0.717) is 103 Å². The Balaban J connectivity index is 1.48. The number of nitrogens with one attached hydrogen (secondary N) is 19. The highest BCUT2D eigenvalue weighted by molar-refractivity contribution is 7.98. The average molecular weight is 1860 g/mol. The maximum atomic E-state index is 15.2. The van der Waals surface area contributed by atoms with Crippen LogP contribution in [-0.2, 0) is 91.2 Å². The lowest BCUT2D eigenvalue weighted by molar-refractivity contribution is -0.142. The molecule has 0 radical (unpaired) electrons. The van der Waals surface area contributed by atoms with Crippen molar-refractivity contribution in [2.75, 3.05) is 58.3 Å². The number of primary amides is 2. The van der Waals surface area contributed by atoms with Gasteiger partial charge in [-0.1, -0.05) is 93.4 Å². The Morgan fingerprint density at radius 3 is 1.08 bits per heavy atom. The van der Waals surface area contributed by atoms with Crippen molar-refractivity contribution in [1.29, 1.82) is 10.8 Å². The number of likely N-dealkylation sites (N-methyl/N-ethyl adjacent to an activating group) is 1. The number of carbonyl (C=O) groups is 15. The van der Waals surface area contributed by atoms with E-state index in [1.807, 2.05) is 19.1 Å². The van der Waals surface area contributed by atoms with Crippen LogP contribution in [0.2, 0.25) is 0 Å². The molecule has 3 aromatic carbocycles. The number of aromatic nitrogens is 2. The second-order valence-electron chi connectivity index (χ2n) is 32.6. The van der Waals surface area contributed by atoms with Gasteiger partial charge in [0, 0.05) is 73.0 Å². The van der Waals surface area contributed by atoms with Crippen LogP contribution in [-0.4, -0.2) is 253 Å². The van der Waals surface area contributed by atoms with Crippen molar-refractivity contribution in [3.05, 3.63) is 108 Å². The number of carboxylic acid groups (broad SMARTS) is 1. The van der Waals surface area contributed by atoms with Crippen molar-refractivity contribution >= 4 is 134 Å². The zero-order valence-corrected chi connectivity index (χ0v) is 76.6.